The number of nitrogens with one attached hydrogen (secondary N) is 1. The molecule has 1 N–H and O–H groups in total. The van der Waals surface area contributed by atoms with Gasteiger partial charge in [-0.25, -0.2) is 0 Å². The largest absolute Gasteiger partial charge is 0.456 e. The molecule has 0 unspecified atom stereocenters. The highest BCUT2D eigenvalue weighted by atomic mass is 16.3. The number of furan rings is 2. The predicted octanol–water partition coefficient (Wildman–Crippen LogP) is 12.1. The van der Waals surface area contributed by atoms with E-state index in [9.17, 15) is 0 Å². The van der Waals surface area contributed by atoms with Crippen molar-refractivity contribution in [1.82, 2.24) is 4.98 Å². The van der Waals surface area contributed by atoms with Gasteiger partial charge in [0, 0.05) is 49.0 Å². The Kier molecular flexibility index (Phi) is 5.00. The van der Waals surface area contributed by atoms with Crippen LogP contribution in [0.2, 0.25) is 0 Å². The van der Waals surface area contributed by atoms with E-state index in [1.807, 2.05) is 24.3 Å². The number of fused-ring (bicyclic) bond motifs is 9. The second-order valence-electron chi connectivity index (χ2n) is 11.8. The molecular formula is C42H25NO2. The fourth-order valence-corrected chi connectivity index (χ4v) is 7.08. The molecule has 7 aromatic carbocycles. The fraction of sp³-hybridized carbons (Fsp3) is 0. The summed E-state index contributed by atoms with van der Waals surface area (Å²) in [4.78, 5) is 3.75. The highest BCUT2D eigenvalue weighted by Gasteiger charge is 2.15. The average Bonchev–Trinajstić information content (AvgIpc) is 3.79. The zero-order valence-corrected chi connectivity index (χ0v) is 24.2. The standard InChI is InChI=1S/C42H25NO2/c1-4-17-39-31(10-1)34-15-7-13-30(42(34)45-39)28-18-20-37-35(24-28)33-14-6-12-29(41(33)43-37)27-9-5-8-25(22-27)26-19-21-40-36(23-26)32-11-2-3-16-38(32)44-40/h1-24,43H. The molecule has 0 saturated heterocycles. The van der Waals surface area contributed by atoms with Gasteiger partial charge in [-0.15, -0.1) is 0 Å². The van der Waals surface area contributed by atoms with E-state index in [1.54, 1.807) is 0 Å². The fourth-order valence-electron chi connectivity index (χ4n) is 7.08. The molecule has 0 aliphatic carbocycles. The van der Waals surface area contributed by atoms with Crippen LogP contribution in [0.25, 0.3) is 99.1 Å². The Hall–Kier alpha value is -6.06. The number of aromatic nitrogens is 1. The van der Waals surface area contributed by atoms with Crippen molar-refractivity contribution in [1.29, 1.82) is 0 Å². The number of H-pyrrole nitrogens is 1. The zero-order chi connectivity index (χ0) is 29.5. The van der Waals surface area contributed by atoms with Crippen molar-refractivity contribution in [2.45, 2.75) is 0 Å². The van der Waals surface area contributed by atoms with Gasteiger partial charge in [-0.3, -0.25) is 0 Å². The molecule has 0 amide bonds. The quantitative estimate of drug-likeness (QED) is 0.228. The van der Waals surface area contributed by atoms with Gasteiger partial charge in [-0.05, 0) is 64.7 Å². The lowest BCUT2D eigenvalue weighted by molar-refractivity contribution is 0.669. The maximum atomic E-state index is 6.37. The second-order valence-corrected chi connectivity index (χ2v) is 11.8. The molecule has 45 heavy (non-hydrogen) atoms. The molecule has 10 rings (SSSR count). The van der Waals surface area contributed by atoms with E-state index < -0.39 is 0 Å². The Morgan fingerprint density at radius 3 is 1.84 bits per heavy atom. The van der Waals surface area contributed by atoms with E-state index >= 15 is 0 Å². The Bertz CT molecular complexity index is 2770. The van der Waals surface area contributed by atoms with Crippen LogP contribution in [0.4, 0.5) is 0 Å². The monoisotopic (exact) mass is 575 g/mol. The minimum absolute atomic E-state index is 0.912. The first kappa shape index (κ1) is 24.4. The molecular weight excluding hydrogens is 550 g/mol. The Morgan fingerprint density at radius 1 is 0.356 bits per heavy atom. The molecule has 3 heterocycles. The van der Waals surface area contributed by atoms with E-state index in [2.05, 4.69) is 126 Å². The Labute approximate surface area is 257 Å². The number of rotatable bonds is 3. The summed E-state index contributed by atoms with van der Waals surface area (Å²) in [5.74, 6) is 0. The summed E-state index contributed by atoms with van der Waals surface area (Å²) >= 11 is 0. The van der Waals surface area contributed by atoms with Gasteiger partial charge in [0.15, 0.2) is 0 Å². The molecule has 3 aromatic heterocycles. The summed E-state index contributed by atoms with van der Waals surface area (Å²) in [6, 6.07) is 51.5. The molecule has 10 aromatic rings. The molecule has 210 valence electrons. The van der Waals surface area contributed by atoms with Gasteiger partial charge >= 0.3 is 0 Å². The summed E-state index contributed by atoms with van der Waals surface area (Å²) in [6.45, 7) is 0. The van der Waals surface area contributed by atoms with E-state index in [0.717, 1.165) is 66.0 Å². The van der Waals surface area contributed by atoms with E-state index in [0.29, 0.717) is 0 Å². The number of benzene rings is 7. The molecule has 0 radical (unpaired) electrons. The van der Waals surface area contributed by atoms with Crippen LogP contribution in [-0.4, -0.2) is 4.98 Å². The van der Waals surface area contributed by atoms with Crippen molar-refractivity contribution in [3.05, 3.63) is 146 Å². The number of hydrogen-bond donors (Lipinski definition) is 1. The third-order valence-corrected chi connectivity index (χ3v) is 9.23. The van der Waals surface area contributed by atoms with Crippen molar-refractivity contribution < 1.29 is 8.83 Å². The van der Waals surface area contributed by atoms with Crippen LogP contribution < -0.4 is 0 Å². The minimum Gasteiger partial charge on any atom is -0.456 e. The summed E-state index contributed by atoms with van der Waals surface area (Å²) < 4.78 is 12.4. The summed E-state index contributed by atoms with van der Waals surface area (Å²) in [5.41, 5.74) is 12.9. The van der Waals surface area contributed by atoms with Crippen LogP contribution >= 0.6 is 0 Å². The lowest BCUT2D eigenvalue weighted by atomic mass is 9.96. The first-order valence-electron chi connectivity index (χ1n) is 15.3. The Morgan fingerprint density at radius 2 is 0.956 bits per heavy atom. The van der Waals surface area contributed by atoms with Crippen LogP contribution in [0.1, 0.15) is 0 Å². The molecule has 0 saturated carbocycles. The molecule has 0 bridgehead atoms. The van der Waals surface area contributed by atoms with Crippen molar-refractivity contribution >= 4 is 65.7 Å². The van der Waals surface area contributed by atoms with Gasteiger partial charge in [0.25, 0.3) is 0 Å². The normalized spacial score (nSPS) is 12.0. The number of hydrogen-bond acceptors (Lipinski definition) is 2. The van der Waals surface area contributed by atoms with Crippen molar-refractivity contribution in [3.63, 3.8) is 0 Å². The van der Waals surface area contributed by atoms with Crippen LogP contribution in [0.3, 0.4) is 0 Å². The first-order chi connectivity index (χ1) is 22.3. The number of aromatic amines is 1. The number of para-hydroxylation sites is 4. The molecule has 0 aliphatic heterocycles. The van der Waals surface area contributed by atoms with Crippen LogP contribution in [0.5, 0.6) is 0 Å². The maximum absolute atomic E-state index is 6.37. The van der Waals surface area contributed by atoms with Crippen LogP contribution in [0, 0.1) is 0 Å². The predicted molar refractivity (Wildman–Crippen MR) is 187 cm³/mol. The highest BCUT2D eigenvalue weighted by Crippen LogP contribution is 2.40. The lowest BCUT2D eigenvalue weighted by Crippen LogP contribution is -1.83. The van der Waals surface area contributed by atoms with Gasteiger partial charge in [0.1, 0.15) is 22.3 Å². The Balaban J connectivity index is 1.10. The third-order valence-electron chi connectivity index (χ3n) is 9.23. The molecule has 0 fully saturated rings. The summed E-state index contributed by atoms with van der Waals surface area (Å²) in [5, 5.41) is 6.98. The SMILES string of the molecule is c1cc(-c2ccc3oc4ccccc4c3c2)cc(-c2cccc3c2[nH]c2ccc(-c4cccc5c4oc4ccccc45)cc23)c1. The van der Waals surface area contributed by atoms with Crippen molar-refractivity contribution in [3.8, 4) is 33.4 Å². The molecule has 3 nitrogen and oxygen atoms in total. The highest BCUT2D eigenvalue weighted by molar-refractivity contribution is 6.14. The van der Waals surface area contributed by atoms with E-state index in [1.165, 1.54) is 33.0 Å². The van der Waals surface area contributed by atoms with Gasteiger partial charge < -0.3 is 13.8 Å². The van der Waals surface area contributed by atoms with E-state index in [-0.39, 0.29) is 0 Å². The van der Waals surface area contributed by atoms with Gasteiger partial charge in [0.05, 0.1) is 5.52 Å². The van der Waals surface area contributed by atoms with Crippen molar-refractivity contribution in [2.24, 2.45) is 0 Å². The summed E-state index contributed by atoms with van der Waals surface area (Å²) in [6.07, 6.45) is 0. The summed E-state index contributed by atoms with van der Waals surface area (Å²) in [7, 11) is 0. The van der Waals surface area contributed by atoms with Gasteiger partial charge in [-0.2, -0.15) is 0 Å². The van der Waals surface area contributed by atoms with Gasteiger partial charge in [-0.1, -0.05) is 103 Å². The zero-order valence-electron chi connectivity index (χ0n) is 24.2. The van der Waals surface area contributed by atoms with Gasteiger partial charge in [0.2, 0.25) is 0 Å². The molecule has 0 atom stereocenters. The lowest BCUT2D eigenvalue weighted by Gasteiger charge is -2.08. The third kappa shape index (κ3) is 3.65. The first-order valence-corrected chi connectivity index (χ1v) is 15.3. The smallest absolute Gasteiger partial charge is 0.143 e. The van der Waals surface area contributed by atoms with Crippen LogP contribution in [0.15, 0.2) is 154 Å². The maximum Gasteiger partial charge on any atom is 0.143 e. The topological polar surface area (TPSA) is 42.1 Å². The molecule has 0 aliphatic rings. The molecule has 3 heteroatoms. The van der Waals surface area contributed by atoms with Crippen LogP contribution in [-0.2, 0) is 0 Å². The molecule has 0 spiro atoms. The van der Waals surface area contributed by atoms with E-state index in [4.69, 9.17) is 8.83 Å². The van der Waals surface area contributed by atoms with Crippen molar-refractivity contribution in [2.75, 3.05) is 0 Å². The second kappa shape index (κ2) is 9.22. The average molecular weight is 576 g/mol. The minimum atomic E-state index is 0.912.